The third-order valence-corrected chi connectivity index (χ3v) is 2.76. The first-order chi connectivity index (χ1) is 9.09. The molecule has 0 saturated heterocycles. The fraction of sp³-hybridized carbons (Fsp3) is 0. The van der Waals surface area contributed by atoms with E-state index in [1.54, 1.807) is 24.3 Å². The van der Waals surface area contributed by atoms with Crippen molar-refractivity contribution in [3.8, 4) is 0 Å². The SMILES string of the molecule is O=C(O)c1c(Nn2c(=O)c2=O)cnc2ccccc12. The molecular formula is C12H7N3O4. The van der Waals surface area contributed by atoms with Gasteiger partial charge in [0.15, 0.2) is 0 Å². The lowest BCUT2D eigenvalue weighted by Gasteiger charge is -2.08. The van der Waals surface area contributed by atoms with E-state index in [2.05, 4.69) is 10.4 Å². The van der Waals surface area contributed by atoms with Crippen molar-refractivity contribution in [2.24, 2.45) is 0 Å². The number of nitrogens with one attached hydrogen (secondary N) is 1. The Morgan fingerprint density at radius 1 is 1.21 bits per heavy atom. The Hall–Kier alpha value is -2.96. The number of nitrogens with zero attached hydrogens (tertiary/aromatic N) is 2. The first-order valence-corrected chi connectivity index (χ1v) is 5.35. The smallest absolute Gasteiger partial charge is 0.340 e. The van der Waals surface area contributed by atoms with E-state index in [0.29, 0.717) is 10.9 Å². The second kappa shape index (κ2) is 3.77. The van der Waals surface area contributed by atoms with Crippen LogP contribution in [0.15, 0.2) is 40.1 Å². The van der Waals surface area contributed by atoms with Crippen LogP contribution in [0.25, 0.3) is 10.9 Å². The molecule has 1 aromatic carbocycles. The van der Waals surface area contributed by atoms with E-state index in [4.69, 9.17) is 0 Å². The van der Waals surface area contributed by atoms with Gasteiger partial charge in [0.05, 0.1) is 23.0 Å². The highest BCUT2D eigenvalue weighted by Crippen LogP contribution is 2.24. The molecule has 7 nitrogen and oxygen atoms in total. The standard InChI is InChI=1S/C12H7N3O4/c16-10-11(17)15(10)14-8-5-13-7-4-2-1-3-6(7)9(8)12(18)19/h1-5,14H,(H,18,19). The number of hydrogen-bond acceptors (Lipinski definition) is 5. The number of carboxylic acid groups (broad SMARTS) is 1. The summed E-state index contributed by atoms with van der Waals surface area (Å²) in [4.78, 5) is 37.3. The highest BCUT2D eigenvalue weighted by molar-refractivity contribution is 6.07. The average molecular weight is 257 g/mol. The van der Waals surface area contributed by atoms with Crippen molar-refractivity contribution >= 4 is 22.6 Å². The van der Waals surface area contributed by atoms with E-state index in [9.17, 15) is 19.5 Å². The minimum absolute atomic E-state index is 0.0295. The number of carbonyl (C=O) groups is 1. The first kappa shape index (κ1) is 11.1. The van der Waals surface area contributed by atoms with Gasteiger partial charge in [0.2, 0.25) is 0 Å². The number of anilines is 1. The molecule has 2 heterocycles. The van der Waals surface area contributed by atoms with Crippen LogP contribution in [0.4, 0.5) is 5.69 Å². The predicted molar refractivity (Wildman–Crippen MR) is 67.1 cm³/mol. The van der Waals surface area contributed by atoms with Crippen molar-refractivity contribution in [1.82, 2.24) is 9.66 Å². The maximum atomic E-state index is 11.3. The maximum Gasteiger partial charge on any atom is 0.340 e. The van der Waals surface area contributed by atoms with Gasteiger partial charge in [-0.2, -0.15) is 4.68 Å². The summed E-state index contributed by atoms with van der Waals surface area (Å²) in [6, 6.07) is 6.72. The summed E-state index contributed by atoms with van der Waals surface area (Å²) in [6.45, 7) is 0. The summed E-state index contributed by atoms with van der Waals surface area (Å²) in [5.74, 6) is -1.16. The van der Waals surface area contributed by atoms with Crippen LogP contribution in [0.2, 0.25) is 0 Å². The summed E-state index contributed by atoms with van der Waals surface area (Å²) in [6.07, 6.45) is 1.28. The van der Waals surface area contributed by atoms with Crippen molar-refractivity contribution in [2.75, 3.05) is 5.43 Å². The van der Waals surface area contributed by atoms with Gasteiger partial charge in [0.1, 0.15) is 0 Å². The Bertz CT molecular complexity index is 848. The van der Waals surface area contributed by atoms with E-state index >= 15 is 0 Å². The molecule has 0 unspecified atom stereocenters. The number of benzene rings is 1. The van der Waals surface area contributed by atoms with Crippen LogP contribution in [0.3, 0.4) is 0 Å². The Kier molecular flexibility index (Phi) is 2.21. The van der Waals surface area contributed by atoms with Gasteiger partial charge in [-0.15, -0.1) is 0 Å². The number of hydrogen-bond donors (Lipinski definition) is 2. The Morgan fingerprint density at radius 3 is 2.53 bits per heavy atom. The molecule has 0 fully saturated rings. The molecule has 2 N–H and O–H groups in total. The summed E-state index contributed by atoms with van der Waals surface area (Å²) >= 11 is 0. The van der Waals surface area contributed by atoms with Crippen molar-refractivity contribution in [2.45, 2.75) is 0 Å². The van der Waals surface area contributed by atoms with Crippen LogP contribution in [0, 0.1) is 0 Å². The van der Waals surface area contributed by atoms with Crippen molar-refractivity contribution < 1.29 is 9.90 Å². The highest BCUT2D eigenvalue weighted by Gasteiger charge is 2.21. The number of aromatic carboxylic acids is 1. The van der Waals surface area contributed by atoms with Crippen molar-refractivity contribution in [3.05, 3.63) is 56.7 Å². The van der Waals surface area contributed by atoms with Crippen molar-refractivity contribution in [3.63, 3.8) is 0 Å². The minimum Gasteiger partial charge on any atom is -0.478 e. The van der Waals surface area contributed by atoms with Gasteiger partial charge >= 0.3 is 17.1 Å². The van der Waals surface area contributed by atoms with Gasteiger partial charge in [-0.3, -0.25) is 20.0 Å². The summed E-state index contributed by atoms with van der Waals surface area (Å²) < 4.78 is 0.734. The van der Waals surface area contributed by atoms with Crippen LogP contribution in [0.1, 0.15) is 10.4 Å². The molecule has 19 heavy (non-hydrogen) atoms. The fourth-order valence-corrected chi connectivity index (χ4v) is 1.81. The van der Waals surface area contributed by atoms with E-state index in [1.807, 2.05) is 0 Å². The van der Waals surface area contributed by atoms with E-state index in [-0.39, 0.29) is 11.3 Å². The molecule has 0 atom stereocenters. The minimum atomic E-state index is -1.16. The Labute approximate surface area is 105 Å². The molecule has 2 aromatic heterocycles. The molecule has 94 valence electrons. The van der Waals surface area contributed by atoms with E-state index in [1.165, 1.54) is 6.20 Å². The lowest BCUT2D eigenvalue weighted by atomic mass is 10.1. The van der Waals surface area contributed by atoms with Gasteiger partial charge in [-0.05, 0) is 6.07 Å². The largest absolute Gasteiger partial charge is 0.478 e. The summed E-state index contributed by atoms with van der Waals surface area (Å²) in [5, 5.41) is 9.70. The van der Waals surface area contributed by atoms with Gasteiger partial charge in [0, 0.05) is 5.39 Å². The first-order valence-electron chi connectivity index (χ1n) is 5.35. The second-order valence-corrected chi connectivity index (χ2v) is 3.93. The molecule has 0 radical (unpaired) electrons. The zero-order valence-corrected chi connectivity index (χ0v) is 9.45. The van der Waals surface area contributed by atoms with E-state index in [0.717, 1.165) is 4.68 Å². The summed E-state index contributed by atoms with van der Waals surface area (Å²) in [5.41, 5.74) is 1.63. The van der Waals surface area contributed by atoms with Gasteiger partial charge in [0.25, 0.3) is 0 Å². The lowest BCUT2D eigenvalue weighted by molar-refractivity contribution is 0.0700. The maximum absolute atomic E-state index is 11.3. The van der Waals surface area contributed by atoms with Crippen LogP contribution in [0.5, 0.6) is 0 Å². The Morgan fingerprint density at radius 2 is 1.89 bits per heavy atom. The molecule has 0 aliphatic rings. The number of pyridine rings is 1. The molecule has 3 aromatic rings. The topological polar surface area (TPSA) is 101 Å². The van der Waals surface area contributed by atoms with Gasteiger partial charge in [-0.1, -0.05) is 18.2 Å². The normalized spacial score (nSPS) is 10.9. The molecule has 0 aliphatic carbocycles. The quantitative estimate of drug-likeness (QED) is 0.650. The molecule has 0 amide bonds. The van der Waals surface area contributed by atoms with Crippen molar-refractivity contribution in [1.29, 1.82) is 0 Å². The van der Waals surface area contributed by atoms with Crippen LogP contribution >= 0.6 is 0 Å². The number of aromatic nitrogens is 2. The molecule has 0 bridgehead atoms. The van der Waals surface area contributed by atoms with E-state index < -0.39 is 17.1 Å². The second-order valence-electron chi connectivity index (χ2n) is 3.93. The fourth-order valence-electron chi connectivity index (χ4n) is 1.81. The number of rotatable bonds is 3. The molecule has 0 aliphatic heterocycles. The zero-order chi connectivity index (χ0) is 13.6. The van der Waals surface area contributed by atoms with Crippen LogP contribution in [-0.4, -0.2) is 20.7 Å². The summed E-state index contributed by atoms with van der Waals surface area (Å²) in [7, 11) is 0. The third-order valence-electron chi connectivity index (χ3n) is 2.76. The molecule has 0 spiro atoms. The zero-order valence-electron chi connectivity index (χ0n) is 9.45. The highest BCUT2D eigenvalue weighted by atomic mass is 16.4. The Balaban J connectivity index is 2.21. The predicted octanol–water partition coefficient (Wildman–Crippen LogP) is 0.206. The molecular weight excluding hydrogens is 250 g/mol. The molecule has 7 heteroatoms. The molecule has 3 rings (SSSR count). The molecule has 0 saturated carbocycles. The average Bonchev–Trinajstić information content (AvgIpc) is 2.96. The van der Waals surface area contributed by atoms with Gasteiger partial charge < -0.3 is 5.11 Å². The van der Waals surface area contributed by atoms with Crippen LogP contribution in [-0.2, 0) is 0 Å². The number of para-hydroxylation sites is 1. The monoisotopic (exact) mass is 257 g/mol. The third kappa shape index (κ3) is 1.68. The van der Waals surface area contributed by atoms with Crippen LogP contribution < -0.4 is 16.5 Å². The number of fused-ring (bicyclic) bond motifs is 1. The lowest BCUT2D eigenvalue weighted by Crippen LogP contribution is -2.12. The van der Waals surface area contributed by atoms with Gasteiger partial charge in [-0.25, -0.2) is 4.79 Å². The number of carboxylic acids is 1.